The quantitative estimate of drug-likeness (QED) is 0.702. The van der Waals surface area contributed by atoms with Gasteiger partial charge in [-0.05, 0) is 93.2 Å². The summed E-state index contributed by atoms with van der Waals surface area (Å²) in [6.45, 7) is 12.0. The smallest absolute Gasteiger partial charge is 0.0594 e. The van der Waals surface area contributed by atoms with E-state index in [9.17, 15) is 5.11 Å². The molecular formula is C26H44N2O. The van der Waals surface area contributed by atoms with Crippen molar-refractivity contribution < 1.29 is 5.11 Å². The van der Waals surface area contributed by atoms with Crippen molar-refractivity contribution in [1.82, 2.24) is 4.90 Å². The number of nitrogens with two attached hydrogens (primary N) is 1. The van der Waals surface area contributed by atoms with E-state index in [2.05, 4.69) is 65.8 Å². The van der Waals surface area contributed by atoms with Crippen LogP contribution in [0.15, 0.2) is 23.3 Å². The second-order valence-electron chi connectivity index (χ2n) is 12.1. The zero-order valence-electron chi connectivity index (χ0n) is 19.8. The predicted octanol–water partition coefficient (Wildman–Crippen LogP) is 4.76. The molecule has 29 heavy (non-hydrogen) atoms. The first-order valence-electron chi connectivity index (χ1n) is 11.9. The average molecular weight is 401 g/mol. The maximum absolute atomic E-state index is 11.1. The van der Waals surface area contributed by atoms with Crippen LogP contribution in [0.3, 0.4) is 0 Å². The zero-order valence-corrected chi connectivity index (χ0v) is 19.8. The molecular weight excluding hydrogens is 356 g/mol. The van der Waals surface area contributed by atoms with Gasteiger partial charge in [-0.15, -0.1) is 0 Å². The zero-order chi connectivity index (χ0) is 21.4. The lowest BCUT2D eigenvalue weighted by atomic mass is 9.50. The Morgan fingerprint density at radius 3 is 2.38 bits per heavy atom. The molecule has 0 aliphatic heterocycles. The fourth-order valence-corrected chi connectivity index (χ4v) is 8.66. The van der Waals surface area contributed by atoms with Crippen LogP contribution in [0.25, 0.3) is 0 Å². The van der Waals surface area contributed by atoms with Crippen LogP contribution in [0.2, 0.25) is 0 Å². The van der Waals surface area contributed by atoms with Crippen molar-refractivity contribution >= 4 is 0 Å². The summed E-state index contributed by atoms with van der Waals surface area (Å²) >= 11 is 0. The van der Waals surface area contributed by atoms with Crippen molar-refractivity contribution in [3.8, 4) is 0 Å². The number of aliphatic hydroxyl groups excluding tert-OH is 1. The van der Waals surface area contributed by atoms with E-state index >= 15 is 0 Å². The third kappa shape index (κ3) is 2.94. The fourth-order valence-electron chi connectivity index (χ4n) is 8.66. The van der Waals surface area contributed by atoms with Gasteiger partial charge >= 0.3 is 0 Å². The van der Waals surface area contributed by atoms with Crippen molar-refractivity contribution in [1.29, 1.82) is 0 Å². The van der Waals surface area contributed by atoms with Crippen molar-refractivity contribution in [3.63, 3.8) is 0 Å². The molecule has 4 aliphatic rings. The fraction of sp³-hybridized carbons (Fsp3) is 0.846. The number of aliphatic hydroxyl groups is 1. The number of allylic oxidation sites excluding steroid dienone is 3. The number of rotatable bonds is 2. The Kier molecular flexibility index (Phi) is 5.16. The highest BCUT2D eigenvalue weighted by molar-refractivity contribution is 5.37. The number of hydrogen-bond donors (Lipinski definition) is 2. The van der Waals surface area contributed by atoms with E-state index < -0.39 is 0 Å². The summed E-state index contributed by atoms with van der Waals surface area (Å²) in [5.41, 5.74) is 10.2. The highest BCUT2D eigenvalue weighted by Crippen LogP contribution is 2.68. The molecule has 0 aromatic rings. The maximum Gasteiger partial charge on any atom is 0.0594 e. The minimum absolute atomic E-state index is 0.0539. The summed E-state index contributed by atoms with van der Waals surface area (Å²) in [6.07, 6.45) is 11.8. The first-order chi connectivity index (χ1) is 13.4. The summed E-state index contributed by atoms with van der Waals surface area (Å²) in [4.78, 5) is 2.43. The van der Waals surface area contributed by atoms with Crippen molar-refractivity contribution in [3.05, 3.63) is 23.3 Å². The number of fused-ring (bicyclic) bond motifs is 4. The minimum Gasteiger partial charge on any atom is -0.393 e. The van der Waals surface area contributed by atoms with E-state index in [0.717, 1.165) is 19.3 Å². The second-order valence-corrected chi connectivity index (χ2v) is 12.1. The van der Waals surface area contributed by atoms with Crippen molar-refractivity contribution in [2.45, 2.75) is 91.3 Å². The molecule has 0 bridgehead atoms. The van der Waals surface area contributed by atoms with E-state index in [-0.39, 0.29) is 34.3 Å². The van der Waals surface area contributed by atoms with Crippen LogP contribution in [-0.2, 0) is 0 Å². The van der Waals surface area contributed by atoms with Gasteiger partial charge in [0.05, 0.1) is 6.10 Å². The molecule has 0 radical (unpaired) electrons. The van der Waals surface area contributed by atoms with Crippen LogP contribution in [0.4, 0.5) is 0 Å². The van der Waals surface area contributed by atoms with Gasteiger partial charge in [0.15, 0.2) is 0 Å². The van der Waals surface area contributed by atoms with E-state index in [1.165, 1.54) is 19.3 Å². The largest absolute Gasteiger partial charge is 0.393 e. The first-order valence-corrected chi connectivity index (χ1v) is 11.9. The Morgan fingerprint density at radius 1 is 1.10 bits per heavy atom. The Labute approximate surface area is 178 Å². The van der Waals surface area contributed by atoms with E-state index in [4.69, 9.17) is 5.73 Å². The minimum atomic E-state index is -0.261. The second kappa shape index (κ2) is 6.93. The standard InChI is InChI=1S/C26H44N2O/c1-16(27)23-21(29)15-26(5)20-10-9-19-17(14-18(20)12-13-25(23,26)4)8-11-22(28(6)7)24(19,2)3/h8,14,16,19-23,29H,9-13,15,27H2,1-7H3/t16-,19+,20+,21+,22-,23-,25+,26-/m0/s1. The van der Waals surface area contributed by atoms with Gasteiger partial charge in [0.1, 0.15) is 0 Å². The molecule has 8 atom stereocenters. The normalized spacial score (nSPS) is 47.4. The molecule has 0 saturated heterocycles. The van der Waals surface area contributed by atoms with Gasteiger partial charge < -0.3 is 15.7 Å². The molecule has 0 unspecified atom stereocenters. The molecule has 164 valence electrons. The summed E-state index contributed by atoms with van der Waals surface area (Å²) < 4.78 is 0. The van der Waals surface area contributed by atoms with Crippen LogP contribution in [-0.4, -0.2) is 42.3 Å². The molecule has 0 amide bonds. The lowest BCUT2D eigenvalue weighted by molar-refractivity contribution is -0.0237. The molecule has 0 aromatic carbocycles. The predicted molar refractivity (Wildman–Crippen MR) is 121 cm³/mol. The highest BCUT2D eigenvalue weighted by atomic mass is 16.3. The lowest BCUT2D eigenvalue weighted by Crippen LogP contribution is -2.50. The Bertz CT molecular complexity index is 720. The monoisotopic (exact) mass is 400 g/mol. The van der Waals surface area contributed by atoms with Crippen LogP contribution in [0.5, 0.6) is 0 Å². The molecule has 2 saturated carbocycles. The van der Waals surface area contributed by atoms with Crippen LogP contribution < -0.4 is 5.73 Å². The van der Waals surface area contributed by atoms with Gasteiger partial charge in [-0.25, -0.2) is 0 Å². The van der Waals surface area contributed by atoms with Gasteiger partial charge in [-0.1, -0.05) is 45.4 Å². The van der Waals surface area contributed by atoms with Gasteiger partial charge in [0.2, 0.25) is 0 Å². The molecule has 0 aromatic heterocycles. The Balaban J connectivity index is 1.71. The van der Waals surface area contributed by atoms with Crippen LogP contribution in [0.1, 0.15) is 73.1 Å². The molecule has 2 fully saturated rings. The van der Waals surface area contributed by atoms with E-state index in [0.29, 0.717) is 17.9 Å². The van der Waals surface area contributed by atoms with Crippen molar-refractivity contribution in [2.75, 3.05) is 14.1 Å². The number of nitrogens with zero attached hydrogens (tertiary/aromatic N) is 1. The number of hydrogen-bond acceptors (Lipinski definition) is 3. The first kappa shape index (κ1) is 21.6. The van der Waals surface area contributed by atoms with E-state index in [1.807, 2.05) is 0 Å². The van der Waals surface area contributed by atoms with Gasteiger partial charge in [0.25, 0.3) is 0 Å². The lowest BCUT2D eigenvalue weighted by Gasteiger charge is -2.54. The summed E-state index contributed by atoms with van der Waals surface area (Å²) in [5, 5.41) is 11.1. The molecule has 4 aliphatic carbocycles. The van der Waals surface area contributed by atoms with Gasteiger partial charge in [-0.3, -0.25) is 0 Å². The summed E-state index contributed by atoms with van der Waals surface area (Å²) in [5.74, 6) is 1.43. The SMILES string of the molecule is C[C@H](N)[C@H]1[C@H](O)C[C@@]2(C)[C@@H]3CC[C@@H]4C(=CC[C@H](N(C)C)C4(C)C)C=C3CC[C@]12C. The van der Waals surface area contributed by atoms with Crippen LogP contribution >= 0.6 is 0 Å². The third-order valence-electron chi connectivity index (χ3n) is 10.3. The molecule has 4 rings (SSSR count). The summed E-state index contributed by atoms with van der Waals surface area (Å²) in [6, 6.07) is 0.657. The van der Waals surface area contributed by atoms with Gasteiger partial charge in [-0.2, -0.15) is 0 Å². The molecule has 3 nitrogen and oxygen atoms in total. The maximum atomic E-state index is 11.1. The highest BCUT2D eigenvalue weighted by Gasteiger charge is 2.64. The van der Waals surface area contributed by atoms with Crippen molar-refractivity contribution in [2.24, 2.45) is 39.7 Å². The van der Waals surface area contributed by atoms with E-state index in [1.54, 1.807) is 11.1 Å². The third-order valence-corrected chi connectivity index (χ3v) is 10.3. The Morgan fingerprint density at radius 2 is 1.76 bits per heavy atom. The topological polar surface area (TPSA) is 49.5 Å². The molecule has 3 heteroatoms. The molecule has 0 heterocycles. The molecule has 0 spiro atoms. The average Bonchev–Trinajstić information content (AvgIpc) is 2.71. The molecule has 3 N–H and O–H groups in total. The van der Waals surface area contributed by atoms with Gasteiger partial charge in [0, 0.05) is 18.0 Å². The Hall–Kier alpha value is -0.640. The van der Waals surface area contributed by atoms with Crippen LogP contribution in [0, 0.1) is 34.0 Å². The summed E-state index contributed by atoms with van der Waals surface area (Å²) in [7, 11) is 4.47.